The van der Waals surface area contributed by atoms with Gasteiger partial charge in [0.2, 0.25) is 0 Å². The number of nitrogens with zero attached hydrogens (tertiary/aromatic N) is 2. The molecule has 1 fully saturated rings. The van der Waals surface area contributed by atoms with E-state index in [0.717, 1.165) is 53.1 Å². The molecule has 2 aliphatic carbocycles. The quantitative estimate of drug-likeness (QED) is 0.636. The molecule has 1 saturated carbocycles. The molecule has 152 valence electrons. The summed E-state index contributed by atoms with van der Waals surface area (Å²) >= 11 is 0. The van der Waals surface area contributed by atoms with E-state index in [1.807, 2.05) is 13.8 Å². The monoisotopic (exact) mass is 398 g/mol. The number of aryl methyl sites for hydroxylation is 2. The molecule has 1 aliphatic heterocycles. The summed E-state index contributed by atoms with van der Waals surface area (Å²) in [5.74, 6) is 1.65. The zero-order valence-electron chi connectivity index (χ0n) is 17.5. The van der Waals surface area contributed by atoms with Crippen molar-refractivity contribution in [2.45, 2.75) is 52.1 Å². The zero-order valence-corrected chi connectivity index (χ0v) is 17.5. The molecule has 3 aromatic rings. The molecule has 6 rings (SSSR count). The number of hydrogen-bond donors (Lipinski definition) is 1. The minimum absolute atomic E-state index is 0.187. The fourth-order valence-corrected chi connectivity index (χ4v) is 5.36. The lowest BCUT2D eigenvalue weighted by molar-refractivity contribution is 0.114. The maximum Gasteiger partial charge on any atom is 0.141 e. The van der Waals surface area contributed by atoms with Crippen molar-refractivity contribution in [1.29, 1.82) is 0 Å². The summed E-state index contributed by atoms with van der Waals surface area (Å²) in [6.07, 6.45) is 4.70. The van der Waals surface area contributed by atoms with E-state index in [1.54, 1.807) is 0 Å². The van der Waals surface area contributed by atoms with Crippen LogP contribution < -0.4 is 0 Å². The van der Waals surface area contributed by atoms with Crippen molar-refractivity contribution in [2.75, 3.05) is 0 Å². The van der Waals surface area contributed by atoms with E-state index in [1.165, 1.54) is 35.2 Å². The maximum atomic E-state index is 11.5. The van der Waals surface area contributed by atoms with Crippen LogP contribution in [-0.2, 0) is 19.3 Å². The molecule has 1 aromatic heterocycles. The van der Waals surface area contributed by atoms with Crippen LogP contribution in [0.5, 0.6) is 0 Å². The van der Waals surface area contributed by atoms with Gasteiger partial charge in [-0.05, 0) is 85.8 Å². The van der Waals surface area contributed by atoms with Gasteiger partial charge in [-0.25, -0.2) is 0 Å². The van der Waals surface area contributed by atoms with Crippen LogP contribution in [0.25, 0.3) is 11.1 Å². The Morgan fingerprint density at radius 3 is 2.40 bits per heavy atom. The standard InChI is InChI=1S/C26H26N2O2/c1-14-24(15(2)30-28-14)19-11-20-13-23(16-7-8-16)27-25(20)22(12-19)26(29)21-9-17-5-3-4-6-18(17)10-21/h3-6,11-12,16,21,26,29H,7-10,13H2,1-2H3. The molecule has 2 heterocycles. The summed E-state index contributed by atoms with van der Waals surface area (Å²) in [4.78, 5) is 5.04. The summed E-state index contributed by atoms with van der Waals surface area (Å²) < 4.78 is 5.44. The fourth-order valence-electron chi connectivity index (χ4n) is 5.36. The molecule has 0 spiro atoms. The Bertz CT molecular complexity index is 1140. The Hall–Kier alpha value is -2.72. The van der Waals surface area contributed by atoms with E-state index in [-0.39, 0.29) is 5.92 Å². The lowest BCUT2D eigenvalue weighted by Crippen LogP contribution is -2.13. The fraction of sp³-hybridized carbons (Fsp3) is 0.385. The highest BCUT2D eigenvalue weighted by Gasteiger charge is 2.35. The van der Waals surface area contributed by atoms with Crippen LogP contribution in [0.15, 0.2) is 45.9 Å². The first-order chi connectivity index (χ1) is 14.6. The summed E-state index contributed by atoms with van der Waals surface area (Å²) in [6, 6.07) is 12.9. The molecule has 1 N–H and O–H groups in total. The van der Waals surface area contributed by atoms with Crippen molar-refractivity contribution >= 4 is 11.4 Å². The smallest absolute Gasteiger partial charge is 0.141 e. The normalized spacial score (nSPS) is 19.0. The zero-order chi connectivity index (χ0) is 20.4. The molecule has 0 amide bonds. The van der Waals surface area contributed by atoms with Gasteiger partial charge in [0.05, 0.1) is 17.5 Å². The highest BCUT2D eigenvalue weighted by Crippen LogP contribution is 2.46. The van der Waals surface area contributed by atoms with E-state index in [2.05, 4.69) is 41.6 Å². The number of aliphatic hydroxyl groups is 1. The lowest BCUT2D eigenvalue weighted by Gasteiger charge is -2.21. The van der Waals surface area contributed by atoms with Crippen LogP contribution in [0.4, 0.5) is 5.69 Å². The molecule has 3 aliphatic rings. The third-order valence-electron chi connectivity index (χ3n) is 7.06. The van der Waals surface area contributed by atoms with Crippen LogP contribution >= 0.6 is 0 Å². The minimum Gasteiger partial charge on any atom is -0.388 e. The van der Waals surface area contributed by atoms with Crippen LogP contribution in [0.2, 0.25) is 0 Å². The second-order valence-electron chi connectivity index (χ2n) is 9.21. The van der Waals surface area contributed by atoms with Crippen LogP contribution in [0, 0.1) is 25.7 Å². The largest absolute Gasteiger partial charge is 0.388 e. The second-order valence-corrected chi connectivity index (χ2v) is 9.21. The van der Waals surface area contributed by atoms with Crippen molar-refractivity contribution in [1.82, 2.24) is 5.16 Å². The molecule has 0 saturated heterocycles. The van der Waals surface area contributed by atoms with E-state index < -0.39 is 6.10 Å². The van der Waals surface area contributed by atoms with Crippen LogP contribution in [0.1, 0.15) is 52.7 Å². The summed E-state index contributed by atoms with van der Waals surface area (Å²) in [5, 5.41) is 15.7. The second kappa shape index (κ2) is 6.64. The predicted molar refractivity (Wildman–Crippen MR) is 117 cm³/mol. The van der Waals surface area contributed by atoms with Crippen molar-refractivity contribution < 1.29 is 9.63 Å². The van der Waals surface area contributed by atoms with Gasteiger partial charge in [-0.15, -0.1) is 0 Å². The van der Waals surface area contributed by atoms with Crippen molar-refractivity contribution in [2.24, 2.45) is 16.8 Å². The van der Waals surface area contributed by atoms with Gasteiger partial charge in [0.15, 0.2) is 0 Å². The van der Waals surface area contributed by atoms with Gasteiger partial charge >= 0.3 is 0 Å². The number of aliphatic imine (C=N–C) groups is 1. The van der Waals surface area contributed by atoms with Gasteiger partial charge in [-0.2, -0.15) is 0 Å². The van der Waals surface area contributed by atoms with Crippen LogP contribution in [0.3, 0.4) is 0 Å². The number of benzene rings is 2. The summed E-state index contributed by atoms with van der Waals surface area (Å²) in [6.45, 7) is 3.94. The van der Waals surface area contributed by atoms with Gasteiger partial charge in [-0.1, -0.05) is 29.4 Å². The molecule has 0 bridgehead atoms. The molecule has 0 radical (unpaired) electrons. The van der Waals surface area contributed by atoms with E-state index >= 15 is 0 Å². The van der Waals surface area contributed by atoms with Crippen molar-refractivity contribution in [3.8, 4) is 11.1 Å². The lowest BCUT2D eigenvalue weighted by atomic mass is 9.88. The minimum atomic E-state index is -0.533. The highest BCUT2D eigenvalue weighted by atomic mass is 16.5. The third kappa shape index (κ3) is 2.85. The number of rotatable bonds is 4. The Labute approximate surface area is 176 Å². The summed E-state index contributed by atoms with van der Waals surface area (Å²) in [5.41, 5.74) is 10.3. The SMILES string of the molecule is Cc1noc(C)c1-c1cc2c(c(C(O)C3Cc4ccccc4C3)c1)N=C(C1CC1)C2. The first-order valence-electron chi connectivity index (χ1n) is 11.0. The van der Waals surface area contributed by atoms with Gasteiger partial charge < -0.3 is 9.63 Å². The van der Waals surface area contributed by atoms with E-state index in [9.17, 15) is 5.11 Å². The highest BCUT2D eigenvalue weighted by molar-refractivity contribution is 5.98. The molecular formula is C26H26N2O2. The third-order valence-corrected chi connectivity index (χ3v) is 7.06. The molecular weight excluding hydrogens is 372 g/mol. The molecule has 4 nitrogen and oxygen atoms in total. The summed E-state index contributed by atoms with van der Waals surface area (Å²) in [7, 11) is 0. The Kier molecular flexibility index (Phi) is 4.00. The average Bonchev–Trinajstić information content (AvgIpc) is 3.21. The Morgan fingerprint density at radius 1 is 1.03 bits per heavy atom. The van der Waals surface area contributed by atoms with E-state index in [4.69, 9.17) is 9.52 Å². The Balaban J connectivity index is 1.44. The molecule has 2 aromatic carbocycles. The molecule has 1 atom stereocenters. The number of fused-ring (bicyclic) bond motifs is 2. The molecule has 1 unspecified atom stereocenters. The number of hydrogen-bond acceptors (Lipinski definition) is 4. The predicted octanol–water partition coefficient (Wildman–Crippen LogP) is 5.45. The molecule has 30 heavy (non-hydrogen) atoms. The van der Waals surface area contributed by atoms with Crippen molar-refractivity contribution in [3.05, 3.63) is 70.1 Å². The van der Waals surface area contributed by atoms with Gasteiger partial charge in [0.25, 0.3) is 0 Å². The van der Waals surface area contributed by atoms with Crippen molar-refractivity contribution in [3.63, 3.8) is 0 Å². The maximum absolute atomic E-state index is 11.5. The number of aromatic nitrogens is 1. The van der Waals surface area contributed by atoms with Crippen LogP contribution in [-0.4, -0.2) is 16.0 Å². The molecule has 4 heteroatoms. The first-order valence-corrected chi connectivity index (χ1v) is 11.0. The average molecular weight is 399 g/mol. The first kappa shape index (κ1) is 18.1. The topological polar surface area (TPSA) is 58.6 Å². The van der Waals surface area contributed by atoms with Gasteiger partial charge in [-0.3, -0.25) is 4.99 Å². The van der Waals surface area contributed by atoms with Gasteiger partial charge in [0, 0.05) is 23.3 Å². The van der Waals surface area contributed by atoms with E-state index in [0.29, 0.717) is 5.92 Å². The number of aliphatic hydroxyl groups excluding tert-OH is 1. The van der Waals surface area contributed by atoms with Gasteiger partial charge in [0.1, 0.15) is 5.76 Å². The Morgan fingerprint density at radius 2 is 1.77 bits per heavy atom.